The zero-order valence-corrected chi connectivity index (χ0v) is 12.3. The second kappa shape index (κ2) is 7.03. The fourth-order valence-electron chi connectivity index (χ4n) is 2.78. The van der Waals surface area contributed by atoms with Crippen LogP contribution in [0.1, 0.15) is 25.8 Å². The highest BCUT2D eigenvalue weighted by molar-refractivity contribution is 5.03. The monoisotopic (exact) mass is 265 g/mol. The number of nitrogens with two attached hydrogens (primary N) is 1. The molecule has 1 unspecified atom stereocenters. The van der Waals surface area contributed by atoms with Gasteiger partial charge >= 0.3 is 0 Å². The number of nitrogens with zero attached hydrogens (tertiary/aromatic N) is 4. The smallest absolute Gasteiger partial charge is 0.0534 e. The van der Waals surface area contributed by atoms with E-state index in [2.05, 4.69) is 34.9 Å². The fraction of sp³-hybridized carbons (Fsp3) is 0.786. The van der Waals surface area contributed by atoms with E-state index in [1.54, 1.807) is 0 Å². The summed E-state index contributed by atoms with van der Waals surface area (Å²) in [6, 6.07) is 0.560. The Hall–Kier alpha value is -0.910. The minimum atomic E-state index is 0.560. The number of piperazine rings is 1. The molecule has 0 aromatic carbocycles. The van der Waals surface area contributed by atoms with Gasteiger partial charge in [-0.25, -0.2) is 0 Å². The van der Waals surface area contributed by atoms with Gasteiger partial charge in [0, 0.05) is 63.6 Å². The van der Waals surface area contributed by atoms with Crippen molar-refractivity contribution in [3.63, 3.8) is 0 Å². The zero-order valence-electron chi connectivity index (χ0n) is 12.3. The number of hydrogen-bond acceptors (Lipinski definition) is 4. The molecule has 0 spiro atoms. The van der Waals surface area contributed by atoms with Gasteiger partial charge in [0.2, 0.25) is 0 Å². The normalized spacial score (nSPS) is 19.7. The zero-order chi connectivity index (χ0) is 13.7. The Labute approximate surface area is 116 Å². The summed E-state index contributed by atoms with van der Waals surface area (Å²) in [4.78, 5) is 5.04. The minimum Gasteiger partial charge on any atom is -0.329 e. The highest BCUT2D eigenvalue weighted by Crippen LogP contribution is 2.11. The van der Waals surface area contributed by atoms with Crippen molar-refractivity contribution < 1.29 is 0 Å². The third-order valence-electron chi connectivity index (χ3n) is 4.08. The van der Waals surface area contributed by atoms with Crippen LogP contribution >= 0.6 is 0 Å². The molecule has 0 aliphatic carbocycles. The van der Waals surface area contributed by atoms with Crippen LogP contribution in [0.25, 0.3) is 0 Å². The van der Waals surface area contributed by atoms with Crippen LogP contribution in [-0.4, -0.2) is 58.3 Å². The molecule has 5 nitrogen and oxygen atoms in total. The van der Waals surface area contributed by atoms with Gasteiger partial charge in [-0.2, -0.15) is 5.10 Å². The van der Waals surface area contributed by atoms with Gasteiger partial charge in [0.05, 0.1) is 6.20 Å². The molecular formula is C14H27N5. The standard InChI is InChI=1S/C14H27N5/c1-3-14(9-15)18-7-5-17(6-8-18)11-13-10-16-19(4-2)12-13/h10,12,14H,3-9,11,15H2,1-2H3. The van der Waals surface area contributed by atoms with Crippen molar-refractivity contribution in [1.29, 1.82) is 0 Å². The van der Waals surface area contributed by atoms with Gasteiger partial charge in [-0.05, 0) is 13.3 Å². The Kier molecular flexibility index (Phi) is 5.36. The molecular weight excluding hydrogens is 238 g/mol. The SMILES string of the molecule is CCC(CN)N1CCN(Cc2cnn(CC)c2)CC1. The molecule has 0 radical (unpaired) electrons. The van der Waals surface area contributed by atoms with E-state index in [4.69, 9.17) is 5.73 Å². The number of aromatic nitrogens is 2. The van der Waals surface area contributed by atoms with Gasteiger partial charge in [-0.3, -0.25) is 14.5 Å². The average Bonchev–Trinajstić information content (AvgIpc) is 2.90. The molecule has 5 heteroatoms. The van der Waals surface area contributed by atoms with Crippen molar-refractivity contribution in [2.24, 2.45) is 5.73 Å². The molecule has 2 N–H and O–H groups in total. The van der Waals surface area contributed by atoms with Crippen LogP contribution in [0, 0.1) is 0 Å². The topological polar surface area (TPSA) is 50.3 Å². The third-order valence-corrected chi connectivity index (χ3v) is 4.08. The molecule has 1 aliphatic rings. The maximum Gasteiger partial charge on any atom is 0.0534 e. The Morgan fingerprint density at radius 1 is 1.26 bits per heavy atom. The summed E-state index contributed by atoms with van der Waals surface area (Å²) >= 11 is 0. The second-order valence-corrected chi connectivity index (χ2v) is 5.31. The first-order valence-electron chi connectivity index (χ1n) is 7.44. The average molecular weight is 265 g/mol. The number of hydrogen-bond donors (Lipinski definition) is 1. The first-order chi connectivity index (χ1) is 9.26. The maximum absolute atomic E-state index is 5.82. The molecule has 1 saturated heterocycles. The predicted molar refractivity (Wildman–Crippen MR) is 77.9 cm³/mol. The molecule has 1 aromatic heterocycles. The molecule has 1 atom stereocenters. The highest BCUT2D eigenvalue weighted by atomic mass is 15.3. The van der Waals surface area contributed by atoms with Crippen molar-refractivity contribution in [1.82, 2.24) is 19.6 Å². The van der Waals surface area contributed by atoms with E-state index in [0.717, 1.165) is 52.2 Å². The summed E-state index contributed by atoms with van der Waals surface area (Å²) in [6.07, 6.45) is 5.30. The van der Waals surface area contributed by atoms with Gasteiger partial charge < -0.3 is 5.73 Å². The van der Waals surface area contributed by atoms with Crippen LogP contribution in [0.2, 0.25) is 0 Å². The van der Waals surface area contributed by atoms with E-state index in [1.165, 1.54) is 5.56 Å². The Balaban J connectivity index is 1.80. The van der Waals surface area contributed by atoms with Crippen LogP contribution in [0.5, 0.6) is 0 Å². The molecule has 1 aliphatic heterocycles. The third kappa shape index (κ3) is 3.78. The lowest BCUT2D eigenvalue weighted by atomic mass is 10.1. The molecule has 2 heterocycles. The van der Waals surface area contributed by atoms with Crippen LogP contribution in [0.4, 0.5) is 0 Å². The summed E-state index contributed by atoms with van der Waals surface area (Å²) in [5.41, 5.74) is 7.14. The molecule has 2 rings (SSSR count). The highest BCUT2D eigenvalue weighted by Gasteiger charge is 2.21. The molecule has 0 bridgehead atoms. The minimum absolute atomic E-state index is 0.560. The van der Waals surface area contributed by atoms with Gasteiger partial charge in [-0.1, -0.05) is 6.92 Å². The molecule has 0 amide bonds. The van der Waals surface area contributed by atoms with Gasteiger partial charge in [0.1, 0.15) is 0 Å². The largest absolute Gasteiger partial charge is 0.329 e. The van der Waals surface area contributed by atoms with Gasteiger partial charge in [0.15, 0.2) is 0 Å². The first kappa shape index (κ1) is 14.5. The van der Waals surface area contributed by atoms with E-state index < -0.39 is 0 Å². The molecule has 19 heavy (non-hydrogen) atoms. The van der Waals surface area contributed by atoms with E-state index >= 15 is 0 Å². The summed E-state index contributed by atoms with van der Waals surface area (Å²) in [6.45, 7) is 11.6. The number of rotatable bonds is 6. The van der Waals surface area contributed by atoms with E-state index in [-0.39, 0.29) is 0 Å². The van der Waals surface area contributed by atoms with Crippen LogP contribution in [0.3, 0.4) is 0 Å². The maximum atomic E-state index is 5.82. The lowest BCUT2D eigenvalue weighted by Crippen LogP contribution is -2.51. The fourth-order valence-corrected chi connectivity index (χ4v) is 2.78. The predicted octanol–water partition coefficient (Wildman–Crippen LogP) is 0.758. The lowest BCUT2D eigenvalue weighted by Gasteiger charge is -2.38. The Bertz CT molecular complexity index is 364. The summed E-state index contributed by atoms with van der Waals surface area (Å²) in [5.74, 6) is 0. The van der Waals surface area contributed by atoms with E-state index in [1.807, 2.05) is 10.9 Å². The quantitative estimate of drug-likeness (QED) is 0.825. The summed E-state index contributed by atoms with van der Waals surface area (Å²) in [7, 11) is 0. The van der Waals surface area contributed by atoms with Crippen LogP contribution in [0.15, 0.2) is 12.4 Å². The molecule has 0 saturated carbocycles. The lowest BCUT2D eigenvalue weighted by molar-refractivity contribution is 0.0926. The molecule has 108 valence electrons. The second-order valence-electron chi connectivity index (χ2n) is 5.31. The van der Waals surface area contributed by atoms with Crippen molar-refractivity contribution >= 4 is 0 Å². The van der Waals surface area contributed by atoms with Crippen molar-refractivity contribution in [3.8, 4) is 0 Å². The van der Waals surface area contributed by atoms with Crippen molar-refractivity contribution in [3.05, 3.63) is 18.0 Å². The van der Waals surface area contributed by atoms with Crippen LogP contribution in [-0.2, 0) is 13.1 Å². The van der Waals surface area contributed by atoms with Crippen LogP contribution < -0.4 is 5.73 Å². The van der Waals surface area contributed by atoms with Crippen molar-refractivity contribution in [2.75, 3.05) is 32.7 Å². The molecule has 1 fully saturated rings. The molecule has 1 aromatic rings. The van der Waals surface area contributed by atoms with Gasteiger partial charge in [-0.15, -0.1) is 0 Å². The van der Waals surface area contributed by atoms with E-state index in [0.29, 0.717) is 6.04 Å². The summed E-state index contributed by atoms with van der Waals surface area (Å²) in [5, 5.41) is 4.33. The first-order valence-corrected chi connectivity index (χ1v) is 7.44. The summed E-state index contributed by atoms with van der Waals surface area (Å²) < 4.78 is 1.99. The Morgan fingerprint density at radius 3 is 2.53 bits per heavy atom. The number of aryl methyl sites for hydroxylation is 1. The van der Waals surface area contributed by atoms with E-state index in [9.17, 15) is 0 Å². The van der Waals surface area contributed by atoms with Gasteiger partial charge in [0.25, 0.3) is 0 Å². The Morgan fingerprint density at radius 2 is 2.00 bits per heavy atom. The van der Waals surface area contributed by atoms with Crippen molar-refractivity contribution in [2.45, 2.75) is 39.4 Å².